The summed E-state index contributed by atoms with van der Waals surface area (Å²) in [5.74, 6) is 0.996. The zero-order valence-corrected chi connectivity index (χ0v) is 17.5. The molecule has 4 nitrogen and oxygen atoms in total. The van der Waals surface area contributed by atoms with Crippen LogP contribution in [0.2, 0.25) is 0 Å². The first kappa shape index (κ1) is 24.7. The van der Waals surface area contributed by atoms with Gasteiger partial charge in [0.2, 0.25) is 0 Å². The lowest BCUT2D eigenvalue weighted by Crippen LogP contribution is -3.12. The van der Waals surface area contributed by atoms with Crippen LogP contribution in [-0.2, 0) is 11.3 Å². The Morgan fingerprint density at radius 1 is 1.00 bits per heavy atom. The SMILES string of the molecule is CCCCCCCCOc1ccccc1CNC(=O)C[NH+](CC)CC.[Cl-]. The normalized spacial score (nSPS) is 10.5. The van der Waals surface area contributed by atoms with Gasteiger partial charge in [-0.15, -0.1) is 0 Å². The molecule has 0 atom stereocenters. The minimum atomic E-state index is 0. The van der Waals surface area contributed by atoms with Crippen LogP contribution in [0.1, 0.15) is 64.9 Å². The van der Waals surface area contributed by atoms with E-state index >= 15 is 0 Å². The van der Waals surface area contributed by atoms with E-state index in [9.17, 15) is 4.79 Å². The van der Waals surface area contributed by atoms with Crippen LogP contribution in [0.25, 0.3) is 0 Å². The Morgan fingerprint density at radius 2 is 1.65 bits per heavy atom. The highest BCUT2D eigenvalue weighted by Gasteiger charge is 2.11. The number of nitrogens with one attached hydrogen (secondary N) is 2. The third-order valence-electron chi connectivity index (χ3n) is 4.61. The zero-order valence-electron chi connectivity index (χ0n) is 16.8. The Labute approximate surface area is 166 Å². The molecule has 0 spiro atoms. The number of amides is 1. The summed E-state index contributed by atoms with van der Waals surface area (Å²) in [7, 11) is 0. The molecule has 0 radical (unpaired) electrons. The molecule has 1 aromatic rings. The Balaban J connectivity index is 0.00000625. The van der Waals surface area contributed by atoms with Gasteiger partial charge < -0.3 is 27.4 Å². The van der Waals surface area contributed by atoms with Crippen LogP contribution < -0.4 is 27.4 Å². The molecule has 0 bridgehead atoms. The monoisotopic (exact) mass is 384 g/mol. The van der Waals surface area contributed by atoms with E-state index in [2.05, 4.69) is 26.1 Å². The van der Waals surface area contributed by atoms with Crippen molar-refractivity contribution in [2.45, 2.75) is 65.8 Å². The van der Waals surface area contributed by atoms with Crippen LogP contribution in [0, 0.1) is 0 Å². The van der Waals surface area contributed by atoms with Gasteiger partial charge in [0.05, 0.1) is 19.7 Å². The van der Waals surface area contributed by atoms with Gasteiger partial charge in [-0.1, -0.05) is 57.2 Å². The molecule has 150 valence electrons. The molecule has 0 fully saturated rings. The van der Waals surface area contributed by atoms with Crippen molar-refractivity contribution in [1.82, 2.24) is 5.32 Å². The molecule has 5 heteroatoms. The molecule has 0 saturated heterocycles. The summed E-state index contributed by atoms with van der Waals surface area (Å²) in [6.07, 6.45) is 7.56. The quantitative estimate of drug-likeness (QED) is 0.442. The average molecular weight is 385 g/mol. The number of benzene rings is 1. The van der Waals surface area contributed by atoms with E-state index in [0.717, 1.165) is 37.4 Å². The number of carbonyl (C=O) groups excluding carboxylic acids is 1. The fourth-order valence-corrected chi connectivity index (χ4v) is 2.84. The van der Waals surface area contributed by atoms with E-state index in [4.69, 9.17) is 4.74 Å². The van der Waals surface area contributed by atoms with Crippen molar-refractivity contribution < 1.29 is 26.8 Å². The van der Waals surface area contributed by atoms with E-state index < -0.39 is 0 Å². The Bertz CT molecular complexity index is 479. The third-order valence-corrected chi connectivity index (χ3v) is 4.61. The van der Waals surface area contributed by atoms with Crippen LogP contribution in [0.3, 0.4) is 0 Å². The van der Waals surface area contributed by atoms with Crippen molar-refractivity contribution in [3.63, 3.8) is 0 Å². The number of ether oxygens (including phenoxy) is 1. The second-order valence-electron chi connectivity index (χ2n) is 6.63. The highest BCUT2D eigenvalue weighted by molar-refractivity contribution is 5.76. The summed E-state index contributed by atoms with van der Waals surface area (Å²) in [6, 6.07) is 8.01. The van der Waals surface area contributed by atoms with E-state index in [1.165, 1.54) is 37.0 Å². The van der Waals surface area contributed by atoms with Crippen LogP contribution in [0.15, 0.2) is 24.3 Å². The van der Waals surface area contributed by atoms with Gasteiger partial charge in [0.15, 0.2) is 6.54 Å². The maximum atomic E-state index is 12.1. The van der Waals surface area contributed by atoms with Crippen LogP contribution in [0.5, 0.6) is 5.75 Å². The van der Waals surface area contributed by atoms with Gasteiger partial charge in [-0.05, 0) is 26.3 Å². The van der Waals surface area contributed by atoms with E-state index in [0.29, 0.717) is 13.1 Å². The predicted octanol–water partition coefficient (Wildman–Crippen LogP) is -0.0292. The van der Waals surface area contributed by atoms with E-state index in [-0.39, 0.29) is 18.3 Å². The van der Waals surface area contributed by atoms with Crippen molar-refractivity contribution in [3.05, 3.63) is 29.8 Å². The Morgan fingerprint density at radius 3 is 2.35 bits per heavy atom. The van der Waals surface area contributed by atoms with Gasteiger partial charge in [-0.2, -0.15) is 0 Å². The lowest BCUT2D eigenvalue weighted by atomic mass is 10.1. The van der Waals surface area contributed by atoms with Crippen molar-refractivity contribution in [1.29, 1.82) is 0 Å². The zero-order chi connectivity index (χ0) is 18.3. The highest BCUT2D eigenvalue weighted by atomic mass is 35.5. The molecule has 26 heavy (non-hydrogen) atoms. The van der Waals surface area contributed by atoms with Crippen molar-refractivity contribution in [3.8, 4) is 5.75 Å². The molecule has 0 aliphatic rings. The number of unbranched alkanes of at least 4 members (excludes halogenated alkanes) is 5. The fourth-order valence-electron chi connectivity index (χ4n) is 2.84. The number of halogens is 1. The van der Waals surface area contributed by atoms with E-state index in [1.807, 2.05) is 24.3 Å². The number of para-hydroxylation sites is 1. The van der Waals surface area contributed by atoms with Crippen LogP contribution in [0.4, 0.5) is 0 Å². The van der Waals surface area contributed by atoms with Crippen LogP contribution in [-0.4, -0.2) is 32.1 Å². The molecule has 0 aromatic heterocycles. The number of likely N-dealkylation sites (N-methyl/N-ethyl adjacent to an activating group) is 1. The van der Waals surface area contributed by atoms with Crippen molar-refractivity contribution in [2.24, 2.45) is 0 Å². The predicted molar refractivity (Wildman–Crippen MR) is 104 cm³/mol. The first-order valence-electron chi connectivity index (χ1n) is 10.0. The van der Waals surface area contributed by atoms with Gasteiger partial charge >= 0.3 is 0 Å². The molecule has 0 saturated carbocycles. The summed E-state index contributed by atoms with van der Waals surface area (Å²) in [5, 5.41) is 3.02. The molecule has 0 unspecified atom stereocenters. The standard InChI is InChI=1S/C21H36N2O2.ClH/c1-4-7-8-9-10-13-16-25-20-15-12-11-14-19(20)17-22-21(24)18-23(5-2)6-3;/h11-12,14-15H,4-10,13,16-18H2,1-3H3,(H,22,24);1H. The molecule has 0 aliphatic heterocycles. The summed E-state index contributed by atoms with van der Waals surface area (Å²) in [6.45, 7) is 10.2. The topological polar surface area (TPSA) is 42.8 Å². The smallest absolute Gasteiger partial charge is 0.275 e. The third kappa shape index (κ3) is 10.7. The van der Waals surface area contributed by atoms with Crippen molar-refractivity contribution in [2.75, 3.05) is 26.2 Å². The minimum Gasteiger partial charge on any atom is -1.00 e. The summed E-state index contributed by atoms with van der Waals surface area (Å²) < 4.78 is 5.94. The first-order valence-corrected chi connectivity index (χ1v) is 10.0. The highest BCUT2D eigenvalue weighted by Crippen LogP contribution is 2.18. The molecular formula is C21H37ClN2O2. The van der Waals surface area contributed by atoms with E-state index in [1.54, 1.807) is 0 Å². The molecule has 1 amide bonds. The molecule has 1 rings (SSSR count). The first-order chi connectivity index (χ1) is 12.2. The van der Waals surface area contributed by atoms with Gasteiger partial charge in [0.1, 0.15) is 5.75 Å². The lowest BCUT2D eigenvalue weighted by Gasteiger charge is -2.16. The van der Waals surface area contributed by atoms with Crippen LogP contribution >= 0.6 is 0 Å². The fraction of sp³-hybridized carbons (Fsp3) is 0.667. The lowest BCUT2D eigenvalue weighted by molar-refractivity contribution is -0.888. The second kappa shape index (κ2) is 16.0. The number of carbonyl (C=O) groups is 1. The molecule has 2 N–H and O–H groups in total. The number of hydrogen-bond acceptors (Lipinski definition) is 2. The largest absolute Gasteiger partial charge is 1.00 e. The number of quaternary nitrogens is 1. The maximum Gasteiger partial charge on any atom is 0.275 e. The number of rotatable bonds is 14. The molecule has 0 aliphatic carbocycles. The minimum absolute atomic E-state index is 0. The number of hydrogen-bond donors (Lipinski definition) is 2. The summed E-state index contributed by atoms with van der Waals surface area (Å²) >= 11 is 0. The molecule has 0 heterocycles. The average Bonchev–Trinajstić information content (AvgIpc) is 2.64. The van der Waals surface area contributed by atoms with Gasteiger partial charge in [0.25, 0.3) is 5.91 Å². The van der Waals surface area contributed by atoms with Crippen molar-refractivity contribution >= 4 is 5.91 Å². The maximum absolute atomic E-state index is 12.1. The Kier molecular flexibility index (Phi) is 15.2. The van der Waals surface area contributed by atoms with Gasteiger partial charge in [-0.25, -0.2) is 0 Å². The summed E-state index contributed by atoms with van der Waals surface area (Å²) in [5.41, 5.74) is 1.05. The van der Waals surface area contributed by atoms with Gasteiger partial charge in [-0.3, -0.25) is 4.79 Å². The summed E-state index contributed by atoms with van der Waals surface area (Å²) in [4.78, 5) is 13.4. The Hall–Kier alpha value is -1.26. The van der Waals surface area contributed by atoms with Gasteiger partial charge in [0, 0.05) is 12.1 Å². The molecule has 1 aromatic carbocycles. The second-order valence-corrected chi connectivity index (χ2v) is 6.63. The molecular weight excluding hydrogens is 348 g/mol.